The molecular formula is C23H24N4O2. The van der Waals surface area contributed by atoms with Gasteiger partial charge in [-0.2, -0.15) is 5.10 Å². The summed E-state index contributed by atoms with van der Waals surface area (Å²) in [6, 6.07) is 17.8. The second kappa shape index (κ2) is 7.91. The van der Waals surface area contributed by atoms with Gasteiger partial charge >= 0.3 is 0 Å². The summed E-state index contributed by atoms with van der Waals surface area (Å²) < 4.78 is 3.32. The number of rotatable bonds is 6. The summed E-state index contributed by atoms with van der Waals surface area (Å²) in [5, 5.41) is 6.15. The summed E-state index contributed by atoms with van der Waals surface area (Å²) in [6.07, 6.45) is 2.62. The Morgan fingerprint density at radius 3 is 2.52 bits per heavy atom. The molecule has 0 spiro atoms. The summed E-state index contributed by atoms with van der Waals surface area (Å²) in [7, 11) is 1.74. The van der Waals surface area contributed by atoms with E-state index in [-0.39, 0.29) is 18.0 Å². The van der Waals surface area contributed by atoms with Crippen molar-refractivity contribution < 1.29 is 4.79 Å². The van der Waals surface area contributed by atoms with Gasteiger partial charge < -0.3 is 9.47 Å². The fourth-order valence-electron chi connectivity index (χ4n) is 3.76. The lowest BCUT2D eigenvalue weighted by Crippen LogP contribution is -2.35. The number of para-hydroxylation sites is 1. The molecule has 29 heavy (non-hydrogen) atoms. The average Bonchev–Trinajstić information content (AvgIpc) is 3.05. The monoisotopic (exact) mass is 388 g/mol. The van der Waals surface area contributed by atoms with E-state index in [0.29, 0.717) is 12.1 Å². The van der Waals surface area contributed by atoms with Crippen LogP contribution in [-0.2, 0) is 24.4 Å². The van der Waals surface area contributed by atoms with Crippen LogP contribution in [0, 0.1) is 0 Å². The molecule has 0 saturated heterocycles. The Labute approximate surface area is 169 Å². The second-order valence-corrected chi connectivity index (χ2v) is 7.27. The Morgan fingerprint density at radius 2 is 1.76 bits per heavy atom. The lowest BCUT2D eigenvalue weighted by atomic mass is 10.2. The standard InChI is InChI=1S/C23H24N4O2/c1-3-13-26-20-12-8-7-11-18(20)19-14-24-27(23(29)22(19)26)16-21(28)25(2)15-17-9-5-4-6-10-17/h4-12,14H,3,13,15-16H2,1-2H3. The molecule has 0 aliphatic carbocycles. The molecule has 4 aromatic rings. The molecule has 6 nitrogen and oxygen atoms in total. The van der Waals surface area contributed by atoms with E-state index in [9.17, 15) is 9.59 Å². The quantitative estimate of drug-likeness (QED) is 0.508. The van der Waals surface area contributed by atoms with Crippen molar-refractivity contribution in [3.8, 4) is 0 Å². The largest absolute Gasteiger partial charge is 0.340 e. The summed E-state index contributed by atoms with van der Waals surface area (Å²) in [5.41, 5.74) is 2.45. The highest BCUT2D eigenvalue weighted by molar-refractivity contribution is 6.07. The molecule has 0 atom stereocenters. The molecule has 6 heteroatoms. The Morgan fingerprint density at radius 1 is 1.03 bits per heavy atom. The van der Waals surface area contributed by atoms with Crippen LogP contribution in [0.25, 0.3) is 21.8 Å². The minimum atomic E-state index is -0.228. The first-order valence-electron chi connectivity index (χ1n) is 9.85. The van der Waals surface area contributed by atoms with Crippen molar-refractivity contribution in [1.82, 2.24) is 19.2 Å². The summed E-state index contributed by atoms with van der Waals surface area (Å²) >= 11 is 0. The molecule has 0 bridgehead atoms. The fraction of sp³-hybridized carbons (Fsp3) is 0.261. The van der Waals surface area contributed by atoms with Crippen LogP contribution in [0.3, 0.4) is 0 Å². The van der Waals surface area contributed by atoms with Crippen molar-refractivity contribution in [3.05, 3.63) is 76.7 Å². The molecule has 0 unspecified atom stereocenters. The van der Waals surface area contributed by atoms with Crippen molar-refractivity contribution >= 4 is 27.7 Å². The third-order valence-corrected chi connectivity index (χ3v) is 5.19. The van der Waals surface area contributed by atoms with Crippen LogP contribution in [0.4, 0.5) is 0 Å². The fourth-order valence-corrected chi connectivity index (χ4v) is 3.76. The number of aromatic nitrogens is 3. The Hall–Kier alpha value is -3.41. The van der Waals surface area contributed by atoms with E-state index in [1.807, 2.05) is 59.2 Å². The predicted molar refractivity (Wildman–Crippen MR) is 115 cm³/mol. The molecule has 148 valence electrons. The average molecular weight is 388 g/mol. The summed E-state index contributed by atoms with van der Waals surface area (Å²) in [4.78, 5) is 27.5. The summed E-state index contributed by atoms with van der Waals surface area (Å²) in [5.74, 6) is -0.152. The lowest BCUT2D eigenvalue weighted by Gasteiger charge is -2.17. The first-order valence-corrected chi connectivity index (χ1v) is 9.85. The highest BCUT2D eigenvalue weighted by atomic mass is 16.2. The number of hydrogen-bond donors (Lipinski definition) is 0. The van der Waals surface area contributed by atoms with Gasteiger partial charge in [0.15, 0.2) is 0 Å². The molecule has 1 amide bonds. The van der Waals surface area contributed by atoms with Crippen LogP contribution in [0.5, 0.6) is 0 Å². The van der Waals surface area contributed by atoms with Gasteiger partial charge in [0, 0.05) is 36.4 Å². The van der Waals surface area contributed by atoms with Gasteiger partial charge in [-0.15, -0.1) is 0 Å². The highest BCUT2D eigenvalue weighted by Crippen LogP contribution is 2.26. The zero-order valence-electron chi connectivity index (χ0n) is 16.7. The van der Waals surface area contributed by atoms with E-state index < -0.39 is 0 Å². The molecule has 4 rings (SSSR count). The SMILES string of the molecule is CCCn1c2ccccc2c2cnn(CC(=O)N(C)Cc3ccccc3)c(=O)c21. The molecule has 0 saturated carbocycles. The highest BCUT2D eigenvalue weighted by Gasteiger charge is 2.17. The van der Waals surface area contributed by atoms with E-state index in [0.717, 1.165) is 34.8 Å². The second-order valence-electron chi connectivity index (χ2n) is 7.27. The van der Waals surface area contributed by atoms with Gasteiger partial charge in [0.05, 0.1) is 6.20 Å². The number of carbonyl (C=O) groups is 1. The van der Waals surface area contributed by atoms with Gasteiger partial charge in [-0.05, 0) is 18.1 Å². The predicted octanol–water partition coefficient (Wildman–Crippen LogP) is 3.42. The van der Waals surface area contributed by atoms with Gasteiger partial charge in [0.25, 0.3) is 5.56 Å². The van der Waals surface area contributed by atoms with Gasteiger partial charge in [-0.25, -0.2) is 4.68 Å². The van der Waals surface area contributed by atoms with Crippen LogP contribution in [0.15, 0.2) is 65.6 Å². The molecule has 0 radical (unpaired) electrons. The van der Waals surface area contributed by atoms with Crippen molar-refractivity contribution in [1.29, 1.82) is 0 Å². The molecule has 2 heterocycles. The first kappa shape index (κ1) is 18.9. The molecule has 0 aliphatic rings. The maximum Gasteiger partial charge on any atom is 0.291 e. The number of likely N-dealkylation sites (N-methyl/N-ethyl adjacent to an activating group) is 1. The van der Waals surface area contributed by atoms with E-state index in [2.05, 4.69) is 12.0 Å². The Balaban J connectivity index is 1.69. The number of fused-ring (bicyclic) bond motifs is 3. The third kappa shape index (κ3) is 3.53. The maximum atomic E-state index is 13.2. The van der Waals surface area contributed by atoms with Crippen LogP contribution >= 0.6 is 0 Å². The number of carbonyl (C=O) groups excluding carboxylic acids is 1. The normalized spacial score (nSPS) is 11.2. The molecule has 2 aromatic carbocycles. The van der Waals surface area contributed by atoms with Crippen molar-refractivity contribution in [2.24, 2.45) is 0 Å². The van der Waals surface area contributed by atoms with Gasteiger partial charge in [0.1, 0.15) is 12.1 Å². The first-order chi connectivity index (χ1) is 14.1. The zero-order chi connectivity index (χ0) is 20.4. The van der Waals surface area contributed by atoms with Crippen molar-refractivity contribution in [2.75, 3.05) is 7.05 Å². The molecule has 0 N–H and O–H groups in total. The minimum Gasteiger partial charge on any atom is -0.340 e. The van der Waals surface area contributed by atoms with Crippen LogP contribution in [0.2, 0.25) is 0 Å². The smallest absolute Gasteiger partial charge is 0.291 e. The Kier molecular flexibility index (Phi) is 5.16. The van der Waals surface area contributed by atoms with Crippen LogP contribution in [-0.4, -0.2) is 32.2 Å². The van der Waals surface area contributed by atoms with Gasteiger partial charge in [-0.3, -0.25) is 9.59 Å². The number of hydrogen-bond acceptors (Lipinski definition) is 3. The zero-order valence-corrected chi connectivity index (χ0v) is 16.7. The number of nitrogens with zero attached hydrogens (tertiary/aromatic N) is 4. The van der Waals surface area contributed by atoms with Crippen molar-refractivity contribution in [3.63, 3.8) is 0 Å². The molecular weight excluding hydrogens is 364 g/mol. The topological polar surface area (TPSA) is 60.1 Å². The number of amides is 1. The Bertz CT molecular complexity index is 1220. The van der Waals surface area contributed by atoms with Gasteiger partial charge in [-0.1, -0.05) is 55.5 Å². The van der Waals surface area contributed by atoms with E-state index in [1.165, 1.54) is 4.68 Å². The minimum absolute atomic E-state index is 0.0776. The van der Waals surface area contributed by atoms with Crippen LogP contribution in [0.1, 0.15) is 18.9 Å². The number of aryl methyl sites for hydroxylation is 1. The molecule has 0 fully saturated rings. The van der Waals surface area contributed by atoms with E-state index >= 15 is 0 Å². The maximum absolute atomic E-state index is 13.2. The number of benzene rings is 2. The molecule has 0 aliphatic heterocycles. The van der Waals surface area contributed by atoms with Crippen molar-refractivity contribution in [2.45, 2.75) is 33.0 Å². The van der Waals surface area contributed by atoms with Crippen LogP contribution < -0.4 is 5.56 Å². The lowest BCUT2D eigenvalue weighted by molar-refractivity contribution is -0.131. The third-order valence-electron chi connectivity index (χ3n) is 5.19. The molecule has 2 aromatic heterocycles. The van der Waals surface area contributed by atoms with E-state index in [1.54, 1.807) is 18.1 Å². The van der Waals surface area contributed by atoms with Gasteiger partial charge in [0.2, 0.25) is 5.91 Å². The van der Waals surface area contributed by atoms with E-state index in [4.69, 9.17) is 0 Å². The summed E-state index contributed by atoms with van der Waals surface area (Å²) in [6.45, 7) is 3.24.